The number of rotatable bonds is 7. The zero-order valence-electron chi connectivity index (χ0n) is 13.6. The van der Waals surface area contributed by atoms with E-state index in [1.807, 2.05) is 13.0 Å². The molecule has 1 saturated heterocycles. The molecule has 5 nitrogen and oxygen atoms in total. The zero-order chi connectivity index (χ0) is 17.7. The van der Waals surface area contributed by atoms with Gasteiger partial charge in [0.25, 0.3) is 5.91 Å². The summed E-state index contributed by atoms with van der Waals surface area (Å²) >= 11 is 8.68. The normalized spacial score (nSPS) is 15.6. The molecule has 0 spiro atoms. The van der Waals surface area contributed by atoms with Crippen molar-refractivity contribution in [2.75, 3.05) is 20.3 Å². The van der Waals surface area contributed by atoms with Crippen molar-refractivity contribution in [3.05, 3.63) is 40.5 Å². The summed E-state index contributed by atoms with van der Waals surface area (Å²) < 4.78 is 11.7. The van der Waals surface area contributed by atoms with Gasteiger partial charge >= 0.3 is 0 Å². The monoisotopic (exact) mass is 410 g/mol. The lowest BCUT2D eigenvalue weighted by atomic mass is 10.1. The Labute approximate surface area is 155 Å². The van der Waals surface area contributed by atoms with Crippen LogP contribution in [0.2, 0.25) is 0 Å². The van der Waals surface area contributed by atoms with Crippen molar-refractivity contribution in [2.45, 2.75) is 13.3 Å². The Kier molecular flexibility index (Phi) is 6.39. The fourth-order valence-corrected chi connectivity index (χ4v) is 3.13. The summed E-state index contributed by atoms with van der Waals surface area (Å²) in [5, 5.41) is 3.40. The number of methoxy groups -OCH3 is 1. The van der Waals surface area contributed by atoms with Crippen LogP contribution in [-0.4, -0.2) is 36.2 Å². The van der Waals surface area contributed by atoms with Crippen LogP contribution in [0.5, 0.6) is 11.5 Å². The van der Waals surface area contributed by atoms with Crippen molar-refractivity contribution < 1.29 is 14.3 Å². The maximum atomic E-state index is 12.4. The highest BCUT2D eigenvalue weighted by atomic mass is 79.9. The minimum atomic E-state index is -0.121. The van der Waals surface area contributed by atoms with E-state index < -0.39 is 0 Å². The molecule has 1 fully saturated rings. The molecule has 1 aliphatic rings. The van der Waals surface area contributed by atoms with E-state index in [-0.39, 0.29) is 5.91 Å². The van der Waals surface area contributed by atoms with E-state index in [0.29, 0.717) is 35.5 Å². The Bertz CT molecular complexity index is 703. The molecular weight excluding hydrogens is 392 g/mol. The molecule has 0 bridgehead atoms. The molecule has 1 amide bonds. The van der Waals surface area contributed by atoms with Crippen LogP contribution in [0.4, 0.5) is 0 Å². The number of nitrogens with zero attached hydrogens (tertiary/aromatic N) is 1. The first-order chi connectivity index (χ1) is 11.5. The van der Waals surface area contributed by atoms with Crippen molar-refractivity contribution in [1.29, 1.82) is 0 Å². The first kappa shape index (κ1) is 18.5. The molecule has 0 unspecified atom stereocenters. The fourth-order valence-electron chi connectivity index (χ4n) is 2.27. The third-order valence-electron chi connectivity index (χ3n) is 3.32. The Morgan fingerprint density at radius 1 is 1.46 bits per heavy atom. The third kappa shape index (κ3) is 3.96. The number of nitrogens with one attached hydrogen (secondary N) is 1. The number of benzene rings is 1. The Morgan fingerprint density at radius 2 is 2.21 bits per heavy atom. The number of halogens is 1. The van der Waals surface area contributed by atoms with Gasteiger partial charge in [-0.1, -0.05) is 19.6 Å². The van der Waals surface area contributed by atoms with E-state index in [9.17, 15) is 4.79 Å². The Morgan fingerprint density at radius 3 is 2.83 bits per heavy atom. The van der Waals surface area contributed by atoms with Crippen molar-refractivity contribution in [2.24, 2.45) is 0 Å². The summed E-state index contributed by atoms with van der Waals surface area (Å²) in [5.74, 6) is 1.04. The fraction of sp³-hybridized carbons (Fsp3) is 0.294. The number of carbonyl (C=O) groups is 1. The van der Waals surface area contributed by atoms with Crippen LogP contribution < -0.4 is 14.8 Å². The highest BCUT2D eigenvalue weighted by Crippen LogP contribution is 2.37. The lowest BCUT2D eigenvalue weighted by Crippen LogP contribution is -2.31. The molecule has 1 heterocycles. The van der Waals surface area contributed by atoms with Crippen LogP contribution in [0.25, 0.3) is 6.08 Å². The number of hydrogen-bond donors (Lipinski definition) is 1. The molecule has 0 radical (unpaired) electrons. The molecule has 24 heavy (non-hydrogen) atoms. The first-order valence-corrected chi connectivity index (χ1v) is 8.67. The van der Waals surface area contributed by atoms with Crippen molar-refractivity contribution in [3.8, 4) is 11.5 Å². The van der Waals surface area contributed by atoms with Gasteiger partial charge in [0.1, 0.15) is 12.3 Å². The summed E-state index contributed by atoms with van der Waals surface area (Å²) in [6, 6.07) is 3.66. The third-order valence-corrected chi connectivity index (χ3v) is 4.23. The molecular formula is C17H19BrN2O3S. The summed E-state index contributed by atoms with van der Waals surface area (Å²) in [6.45, 7) is 6.60. The zero-order valence-corrected chi connectivity index (χ0v) is 16.0. The van der Waals surface area contributed by atoms with Crippen molar-refractivity contribution in [1.82, 2.24) is 10.2 Å². The van der Waals surface area contributed by atoms with E-state index in [2.05, 4.69) is 27.8 Å². The Hall–Kier alpha value is -1.86. The standard InChI is InChI=1S/C17H19BrN2O3S/c1-4-6-20-16(21)13(19-17(20)24)9-11-8-12(18)15(23-7-5-2)14(10-11)22-3/h5,8-10H,2,4,6-7H2,1,3H3,(H,19,24)/b13-9-. The van der Waals surface area contributed by atoms with Crippen molar-refractivity contribution in [3.63, 3.8) is 0 Å². The van der Waals surface area contributed by atoms with Crippen LogP contribution in [-0.2, 0) is 4.79 Å². The molecule has 0 saturated carbocycles. The smallest absolute Gasteiger partial charge is 0.276 e. The van der Waals surface area contributed by atoms with E-state index >= 15 is 0 Å². The molecule has 2 rings (SSSR count). The molecule has 1 N–H and O–H groups in total. The van der Waals surface area contributed by atoms with Crippen LogP contribution in [0.3, 0.4) is 0 Å². The van der Waals surface area contributed by atoms with Gasteiger partial charge < -0.3 is 14.8 Å². The lowest BCUT2D eigenvalue weighted by Gasteiger charge is -2.12. The highest BCUT2D eigenvalue weighted by molar-refractivity contribution is 9.10. The van der Waals surface area contributed by atoms with Gasteiger partial charge in [-0.2, -0.15) is 0 Å². The number of carbonyl (C=O) groups excluding carboxylic acids is 1. The second kappa shape index (κ2) is 8.30. The molecule has 1 aliphatic heterocycles. The topological polar surface area (TPSA) is 50.8 Å². The molecule has 1 aromatic carbocycles. The minimum absolute atomic E-state index is 0.121. The van der Waals surface area contributed by atoms with Gasteiger partial charge in [-0.25, -0.2) is 0 Å². The van der Waals surface area contributed by atoms with E-state index in [4.69, 9.17) is 21.7 Å². The summed E-state index contributed by atoms with van der Waals surface area (Å²) in [5.41, 5.74) is 1.24. The van der Waals surface area contributed by atoms with Crippen LogP contribution in [0.1, 0.15) is 18.9 Å². The van der Waals surface area contributed by atoms with E-state index in [1.54, 1.807) is 30.2 Å². The molecule has 0 atom stereocenters. The van der Waals surface area contributed by atoms with Gasteiger partial charge in [-0.05, 0) is 58.3 Å². The number of ether oxygens (including phenoxy) is 2. The first-order valence-electron chi connectivity index (χ1n) is 7.47. The van der Waals surface area contributed by atoms with Gasteiger partial charge in [0.15, 0.2) is 16.6 Å². The quantitative estimate of drug-likeness (QED) is 0.423. The molecule has 7 heteroatoms. The van der Waals surface area contributed by atoms with Crippen LogP contribution in [0.15, 0.2) is 35.0 Å². The van der Waals surface area contributed by atoms with Gasteiger partial charge in [-0.3, -0.25) is 9.69 Å². The highest BCUT2D eigenvalue weighted by Gasteiger charge is 2.29. The number of hydrogen-bond acceptors (Lipinski definition) is 4. The van der Waals surface area contributed by atoms with Gasteiger partial charge in [0.05, 0.1) is 11.6 Å². The number of thiocarbonyl (C=S) groups is 1. The maximum Gasteiger partial charge on any atom is 0.276 e. The van der Waals surface area contributed by atoms with E-state index in [1.165, 1.54) is 0 Å². The van der Waals surface area contributed by atoms with Gasteiger partial charge in [-0.15, -0.1) is 0 Å². The van der Waals surface area contributed by atoms with E-state index in [0.717, 1.165) is 16.5 Å². The minimum Gasteiger partial charge on any atom is -0.493 e. The predicted octanol–water partition coefficient (Wildman–Crippen LogP) is 3.49. The van der Waals surface area contributed by atoms with Crippen molar-refractivity contribution >= 4 is 45.2 Å². The molecule has 0 aromatic heterocycles. The molecule has 0 aliphatic carbocycles. The lowest BCUT2D eigenvalue weighted by molar-refractivity contribution is -0.122. The van der Waals surface area contributed by atoms with Gasteiger partial charge in [0.2, 0.25) is 0 Å². The Balaban J connectivity index is 2.33. The van der Waals surface area contributed by atoms with Gasteiger partial charge in [0, 0.05) is 6.54 Å². The molecule has 128 valence electrons. The number of amides is 1. The average Bonchev–Trinajstić information content (AvgIpc) is 2.81. The second-order valence-corrected chi connectivity index (χ2v) is 6.32. The largest absolute Gasteiger partial charge is 0.493 e. The maximum absolute atomic E-state index is 12.4. The second-order valence-electron chi connectivity index (χ2n) is 5.08. The summed E-state index contributed by atoms with van der Waals surface area (Å²) in [7, 11) is 1.57. The average molecular weight is 411 g/mol. The van der Waals surface area contributed by atoms with Crippen LogP contribution in [0, 0.1) is 0 Å². The predicted molar refractivity (Wildman–Crippen MR) is 102 cm³/mol. The van der Waals surface area contributed by atoms with Crippen LogP contribution >= 0.6 is 28.1 Å². The summed E-state index contributed by atoms with van der Waals surface area (Å²) in [4.78, 5) is 14.0. The SMILES string of the molecule is C=CCOc1c(Br)cc(/C=C2\NC(=S)N(CCC)C2=O)cc1OC. The molecule has 1 aromatic rings. The summed E-state index contributed by atoms with van der Waals surface area (Å²) in [6.07, 6.45) is 4.25.